The maximum atomic E-state index is 12.5. The van der Waals surface area contributed by atoms with Crippen molar-refractivity contribution in [2.45, 2.75) is 32.1 Å². The van der Waals surface area contributed by atoms with Gasteiger partial charge in [0.05, 0.1) is 10.5 Å². The number of benzene rings is 1. The average Bonchev–Trinajstić information content (AvgIpc) is 2.61. The molecule has 1 amide bonds. The summed E-state index contributed by atoms with van der Waals surface area (Å²) < 4.78 is 0. The highest BCUT2D eigenvalue weighted by molar-refractivity contribution is 6.06. The first-order chi connectivity index (χ1) is 12.0. The van der Waals surface area contributed by atoms with Crippen LogP contribution in [0.1, 0.15) is 42.5 Å². The van der Waals surface area contributed by atoms with E-state index in [1.54, 1.807) is 0 Å². The van der Waals surface area contributed by atoms with Crippen LogP contribution in [0.3, 0.4) is 0 Å². The van der Waals surface area contributed by atoms with E-state index in [4.69, 9.17) is 0 Å². The minimum atomic E-state index is -0.526. The summed E-state index contributed by atoms with van der Waals surface area (Å²) in [5.41, 5.74) is 1.36. The van der Waals surface area contributed by atoms with Crippen LogP contribution in [-0.4, -0.2) is 22.4 Å². The molecule has 1 aliphatic rings. The lowest BCUT2D eigenvalue weighted by molar-refractivity contribution is -0.384. The average molecular weight is 341 g/mol. The second kappa shape index (κ2) is 7.29. The summed E-state index contributed by atoms with van der Waals surface area (Å²) in [7, 11) is 0. The van der Waals surface area contributed by atoms with Gasteiger partial charge in [0.15, 0.2) is 0 Å². The Morgan fingerprint density at radius 2 is 2.12 bits per heavy atom. The molecule has 0 bridgehead atoms. The van der Waals surface area contributed by atoms with Gasteiger partial charge >= 0.3 is 0 Å². The molecule has 7 heteroatoms. The topological polar surface area (TPSA) is 105 Å². The number of nitrogens with one attached hydrogen (secondary N) is 2. The Hall–Kier alpha value is -2.96. The predicted octanol–water partition coefficient (Wildman–Crippen LogP) is 3.06. The SMILES string of the molecule is O=C(NCCC1=CCCCC1)c1cc(=O)[nH]c2ccc([N+](=O)[O-])cc12. The quantitative estimate of drug-likeness (QED) is 0.495. The monoisotopic (exact) mass is 341 g/mol. The summed E-state index contributed by atoms with van der Waals surface area (Å²) in [6.07, 6.45) is 7.56. The number of pyridine rings is 1. The molecule has 3 rings (SSSR count). The van der Waals surface area contributed by atoms with Crippen molar-refractivity contribution in [1.82, 2.24) is 10.3 Å². The molecule has 0 saturated heterocycles. The summed E-state index contributed by atoms with van der Waals surface area (Å²) >= 11 is 0. The Balaban J connectivity index is 1.82. The van der Waals surface area contributed by atoms with Crippen molar-refractivity contribution in [2.75, 3.05) is 6.54 Å². The minimum absolute atomic E-state index is 0.124. The number of aromatic nitrogens is 1. The van der Waals surface area contributed by atoms with Crippen LogP contribution in [0.4, 0.5) is 5.69 Å². The number of carbonyl (C=O) groups excluding carboxylic acids is 1. The first-order valence-corrected chi connectivity index (χ1v) is 8.32. The number of H-pyrrole nitrogens is 1. The highest BCUT2D eigenvalue weighted by Gasteiger charge is 2.15. The number of amides is 1. The van der Waals surface area contributed by atoms with Crippen LogP contribution in [0.25, 0.3) is 10.9 Å². The standard InChI is InChI=1S/C18H19N3O4/c22-17-11-15(14-10-13(21(24)25)6-7-16(14)20-17)18(23)19-9-8-12-4-2-1-3-5-12/h4,6-7,10-11H,1-3,5,8-9H2,(H,19,23)(H,20,22). The van der Waals surface area contributed by atoms with Crippen LogP contribution < -0.4 is 10.9 Å². The third-order valence-electron chi connectivity index (χ3n) is 4.40. The molecule has 0 spiro atoms. The van der Waals surface area contributed by atoms with Crippen molar-refractivity contribution in [3.63, 3.8) is 0 Å². The van der Waals surface area contributed by atoms with Gasteiger partial charge in [-0.25, -0.2) is 0 Å². The van der Waals surface area contributed by atoms with Crippen molar-refractivity contribution in [1.29, 1.82) is 0 Å². The molecule has 0 unspecified atom stereocenters. The summed E-state index contributed by atoms with van der Waals surface area (Å²) in [4.78, 5) is 37.3. The van der Waals surface area contributed by atoms with Gasteiger partial charge in [-0.05, 0) is 38.2 Å². The molecule has 130 valence electrons. The van der Waals surface area contributed by atoms with E-state index in [9.17, 15) is 19.7 Å². The third kappa shape index (κ3) is 3.93. The summed E-state index contributed by atoms with van der Waals surface area (Å²) in [6, 6.07) is 5.24. The van der Waals surface area contributed by atoms with Gasteiger partial charge in [0.25, 0.3) is 11.6 Å². The number of nitrogens with zero attached hydrogens (tertiary/aromatic N) is 1. The third-order valence-corrected chi connectivity index (χ3v) is 4.40. The maximum absolute atomic E-state index is 12.5. The van der Waals surface area contributed by atoms with Crippen molar-refractivity contribution in [3.05, 3.63) is 61.9 Å². The van der Waals surface area contributed by atoms with Crippen LogP contribution in [-0.2, 0) is 0 Å². The number of aromatic amines is 1. The number of nitro benzene ring substituents is 1. The fraction of sp³-hybridized carbons (Fsp3) is 0.333. The number of rotatable bonds is 5. The van der Waals surface area contributed by atoms with Crippen LogP contribution in [0, 0.1) is 10.1 Å². The van der Waals surface area contributed by atoms with E-state index >= 15 is 0 Å². The van der Waals surface area contributed by atoms with Crippen LogP contribution in [0.2, 0.25) is 0 Å². The van der Waals surface area contributed by atoms with E-state index in [1.807, 2.05) is 0 Å². The summed E-state index contributed by atoms with van der Waals surface area (Å²) in [5, 5.41) is 14.1. The predicted molar refractivity (Wildman–Crippen MR) is 94.7 cm³/mol. The van der Waals surface area contributed by atoms with Crippen LogP contribution in [0.5, 0.6) is 0 Å². The van der Waals surface area contributed by atoms with E-state index < -0.39 is 16.4 Å². The van der Waals surface area contributed by atoms with Gasteiger partial charge in [0.2, 0.25) is 5.56 Å². The molecule has 0 fully saturated rings. The zero-order valence-electron chi connectivity index (χ0n) is 13.7. The molecular weight excluding hydrogens is 322 g/mol. The lowest BCUT2D eigenvalue weighted by Gasteiger charge is -2.13. The van der Waals surface area contributed by atoms with Crippen LogP contribution >= 0.6 is 0 Å². The van der Waals surface area contributed by atoms with Crippen LogP contribution in [0.15, 0.2) is 40.7 Å². The highest BCUT2D eigenvalue weighted by Crippen LogP contribution is 2.22. The number of hydrogen-bond donors (Lipinski definition) is 2. The number of fused-ring (bicyclic) bond motifs is 1. The smallest absolute Gasteiger partial charge is 0.270 e. The Kier molecular flexibility index (Phi) is 4.92. The van der Waals surface area contributed by atoms with E-state index in [1.165, 1.54) is 42.7 Å². The van der Waals surface area contributed by atoms with Gasteiger partial charge in [-0.1, -0.05) is 11.6 Å². The highest BCUT2D eigenvalue weighted by atomic mass is 16.6. The second-order valence-corrected chi connectivity index (χ2v) is 6.15. The van der Waals surface area contributed by atoms with E-state index in [2.05, 4.69) is 16.4 Å². The molecule has 25 heavy (non-hydrogen) atoms. The molecule has 0 atom stereocenters. The van der Waals surface area contributed by atoms with Crippen molar-refractivity contribution < 1.29 is 9.72 Å². The number of allylic oxidation sites excluding steroid dienone is 1. The van der Waals surface area contributed by atoms with E-state index in [0.717, 1.165) is 19.3 Å². The Morgan fingerprint density at radius 3 is 2.84 bits per heavy atom. The molecule has 0 aliphatic heterocycles. The molecule has 1 aliphatic carbocycles. The van der Waals surface area contributed by atoms with Crippen molar-refractivity contribution >= 4 is 22.5 Å². The lowest BCUT2D eigenvalue weighted by Crippen LogP contribution is -2.26. The zero-order valence-corrected chi connectivity index (χ0v) is 13.7. The van der Waals surface area contributed by atoms with Crippen molar-refractivity contribution in [3.8, 4) is 0 Å². The lowest BCUT2D eigenvalue weighted by atomic mass is 9.97. The molecule has 0 saturated carbocycles. The molecule has 1 aromatic heterocycles. The molecule has 0 radical (unpaired) electrons. The van der Waals surface area contributed by atoms with Gasteiger partial charge in [0.1, 0.15) is 0 Å². The first-order valence-electron chi connectivity index (χ1n) is 8.32. The number of nitro groups is 1. The fourth-order valence-corrected chi connectivity index (χ4v) is 3.11. The Morgan fingerprint density at radius 1 is 1.28 bits per heavy atom. The minimum Gasteiger partial charge on any atom is -0.352 e. The largest absolute Gasteiger partial charge is 0.352 e. The Labute approximate surface area is 143 Å². The van der Waals surface area contributed by atoms with Gasteiger partial charge in [-0.3, -0.25) is 19.7 Å². The number of carbonyl (C=O) groups is 1. The summed E-state index contributed by atoms with van der Waals surface area (Å²) in [5.74, 6) is -0.395. The molecule has 2 N–H and O–H groups in total. The molecule has 7 nitrogen and oxygen atoms in total. The molecule has 1 aromatic carbocycles. The fourth-order valence-electron chi connectivity index (χ4n) is 3.11. The second-order valence-electron chi connectivity index (χ2n) is 6.15. The van der Waals surface area contributed by atoms with E-state index in [-0.39, 0.29) is 11.3 Å². The number of hydrogen-bond acceptors (Lipinski definition) is 4. The maximum Gasteiger partial charge on any atom is 0.270 e. The van der Waals surface area contributed by atoms with Gasteiger partial charge in [-0.2, -0.15) is 0 Å². The Bertz CT molecular complexity index is 914. The normalized spacial score (nSPS) is 14.2. The molecule has 2 aromatic rings. The zero-order chi connectivity index (χ0) is 17.8. The van der Waals surface area contributed by atoms with Gasteiger partial charge in [0, 0.05) is 35.6 Å². The van der Waals surface area contributed by atoms with Crippen molar-refractivity contribution in [2.24, 2.45) is 0 Å². The molecular formula is C18H19N3O4. The molecule has 1 heterocycles. The van der Waals surface area contributed by atoms with E-state index in [0.29, 0.717) is 17.4 Å². The first kappa shape index (κ1) is 16.9. The van der Waals surface area contributed by atoms with Gasteiger partial charge < -0.3 is 10.3 Å². The summed E-state index contributed by atoms with van der Waals surface area (Å²) in [6.45, 7) is 0.480. The van der Waals surface area contributed by atoms with Gasteiger partial charge in [-0.15, -0.1) is 0 Å². The number of non-ortho nitro benzene ring substituents is 1.